The number of aliphatic hydroxyl groups excluding tert-OH is 1. The van der Waals surface area contributed by atoms with E-state index in [1.54, 1.807) is 7.11 Å². The molecular weight excluding hydrogens is 441 g/mol. The lowest BCUT2D eigenvalue weighted by Crippen LogP contribution is -2.41. The molecule has 0 spiro atoms. The van der Waals surface area contributed by atoms with E-state index in [9.17, 15) is 5.11 Å². The molecule has 0 saturated heterocycles. The van der Waals surface area contributed by atoms with Gasteiger partial charge in [0.15, 0.2) is 5.96 Å². The summed E-state index contributed by atoms with van der Waals surface area (Å²) in [6.45, 7) is 6.95. The van der Waals surface area contributed by atoms with Crippen LogP contribution in [0.25, 0.3) is 0 Å². The zero-order chi connectivity index (χ0) is 18.1. The van der Waals surface area contributed by atoms with Crippen LogP contribution in [-0.2, 0) is 4.74 Å². The third-order valence-corrected chi connectivity index (χ3v) is 5.06. The number of aliphatic hydroxyl groups is 1. The first-order valence-corrected chi connectivity index (χ1v) is 9.34. The molecule has 0 bridgehead atoms. The lowest BCUT2D eigenvalue weighted by atomic mass is 9.67. The topological polar surface area (TPSA) is 65.9 Å². The molecular formula is C20H34IN3O2. The van der Waals surface area contributed by atoms with Crippen LogP contribution in [-0.4, -0.2) is 44.4 Å². The molecule has 2 rings (SSSR count). The average molecular weight is 475 g/mol. The van der Waals surface area contributed by atoms with Crippen LogP contribution in [0.1, 0.15) is 49.8 Å². The van der Waals surface area contributed by atoms with E-state index in [1.165, 1.54) is 19.3 Å². The van der Waals surface area contributed by atoms with Gasteiger partial charge in [-0.05, 0) is 44.1 Å². The molecule has 1 atom stereocenters. The Labute approximate surface area is 175 Å². The number of benzene rings is 1. The van der Waals surface area contributed by atoms with Gasteiger partial charge in [0, 0.05) is 33.4 Å². The van der Waals surface area contributed by atoms with E-state index < -0.39 is 6.10 Å². The van der Waals surface area contributed by atoms with Crippen molar-refractivity contribution >= 4 is 29.9 Å². The van der Waals surface area contributed by atoms with E-state index in [4.69, 9.17) is 9.73 Å². The molecule has 1 aliphatic rings. The predicted octanol–water partition coefficient (Wildman–Crippen LogP) is 3.41. The SMILES string of the molecule is CCNC(=NCC1(CCOC)CCC1)NCC(O)c1cccc(C)c1.I. The molecule has 0 aliphatic heterocycles. The summed E-state index contributed by atoms with van der Waals surface area (Å²) in [5.41, 5.74) is 2.38. The van der Waals surface area contributed by atoms with E-state index in [0.717, 1.165) is 43.2 Å². The van der Waals surface area contributed by atoms with Gasteiger partial charge in [0.2, 0.25) is 0 Å². The van der Waals surface area contributed by atoms with Gasteiger partial charge in [-0.25, -0.2) is 0 Å². The highest BCUT2D eigenvalue weighted by atomic mass is 127. The van der Waals surface area contributed by atoms with Crippen LogP contribution >= 0.6 is 24.0 Å². The summed E-state index contributed by atoms with van der Waals surface area (Å²) >= 11 is 0. The molecule has 1 fully saturated rings. The number of nitrogens with zero attached hydrogens (tertiary/aromatic N) is 1. The van der Waals surface area contributed by atoms with Crippen molar-refractivity contribution in [2.45, 2.75) is 45.6 Å². The van der Waals surface area contributed by atoms with Crippen LogP contribution in [0.2, 0.25) is 0 Å². The molecule has 3 N–H and O–H groups in total. The smallest absolute Gasteiger partial charge is 0.191 e. The number of guanidine groups is 1. The summed E-state index contributed by atoms with van der Waals surface area (Å²) in [6.07, 6.45) is 4.26. The third-order valence-electron chi connectivity index (χ3n) is 5.06. The number of rotatable bonds is 9. The van der Waals surface area contributed by atoms with E-state index in [1.807, 2.05) is 31.2 Å². The molecule has 1 unspecified atom stereocenters. The lowest BCUT2D eigenvalue weighted by molar-refractivity contribution is 0.0778. The normalized spacial score (nSPS) is 17.0. The summed E-state index contributed by atoms with van der Waals surface area (Å²) in [5, 5.41) is 16.9. The first kappa shape index (κ1) is 23.2. The monoisotopic (exact) mass is 475 g/mol. The number of aryl methyl sites for hydroxylation is 1. The fourth-order valence-electron chi connectivity index (χ4n) is 3.26. The van der Waals surface area contributed by atoms with Gasteiger partial charge in [0.05, 0.1) is 6.10 Å². The summed E-state index contributed by atoms with van der Waals surface area (Å²) in [7, 11) is 1.76. The van der Waals surface area contributed by atoms with Gasteiger partial charge in [0.1, 0.15) is 0 Å². The highest BCUT2D eigenvalue weighted by Gasteiger charge is 2.36. The van der Waals surface area contributed by atoms with Crippen molar-refractivity contribution in [1.29, 1.82) is 0 Å². The fraction of sp³-hybridized carbons (Fsp3) is 0.650. The Morgan fingerprint density at radius 2 is 2.12 bits per heavy atom. The van der Waals surface area contributed by atoms with E-state index in [0.29, 0.717) is 12.0 Å². The molecule has 0 amide bonds. The van der Waals surface area contributed by atoms with Crippen molar-refractivity contribution in [2.75, 3.05) is 33.4 Å². The van der Waals surface area contributed by atoms with Gasteiger partial charge < -0.3 is 20.5 Å². The molecule has 1 saturated carbocycles. The first-order chi connectivity index (χ1) is 12.1. The summed E-state index contributed by atoms with van der Waals surface area (Å²) in [5.74, 6) is 0.776. The Morgan fingerprint density at radius 1 is 1.35 bits per heavy atom. The summed E-state index contributed by atoms with van der Waals surface area (Å²) in [6, 6.07) is 7.98. The summed E-state index contributed by atoms with van der Waals surface area (Å²) in [4.78, 5) is 4.77. The largest absolute Gasteiger partial charge is 0.387 e. The standard InChI is InChI=1S/C20H33N3O2.HI/c1-4-21-19(23-15-20(9-6-10-20)11-12-25-3)22-14-18(24)17-8-5-7-16(2)13-17;/h5,7-8,13,18,24H,4,6,9-12,14-15H2,1-3H3,(H2,21,22,23);1H. The molecule has 26 heavy (non-hydrogen) atoms. The molecule has 148 valence electrons. The minimum atomic E-state index is -0.546. The Kier molecular flexibility index (Phi) is 10.5. The number of ether oxygens (including phenoxy) is 1. The van der Waals surface area contributed by atoms with Crippen LogP contribution in [0.4, 0.5) is 0 Å². The minimum Gasteiger partial charge on any atom is -0.387 e. The van der Waals surface area contributed by atoms with Gasteiger partial charge in [-0.3, -0.25) is 4.99 Å². The number of hydrogen-bond donors (Lipinski definition) is 3. The van der Waals surface area contributed by atoms with Crippen LogP contribution in [0.15, 0.2) is 29.3 Å². The van der Waals surface area contributed by atoms with Gasteiger partial charge in [-0.2, -0.15) is 0 Å². The Bertz CT molecular complexity index is 562. The molecule has 1 aromatic rings. The molecule has 1 aromatic carbocycles. The molecule has 5 nitrogen and oxygen atoms in total. The highest BCUT2D eigenvalue weighted by molar-refractivity contribution is 14.0. The summed E-state index contributed by atoms with van der Waals surface area (Å²) < 4.78 is 5.25. The lowest BCUT2D eigenvalue weighted by Gasteiger charge is -2.40. The Balaban J connectivity index is 0.00000338. The maximum Gasteiger partial charge on any atom is 0.191 e. The van der Waals surface area contributed by atoms with Gasteiger partial charge in [-0.1, -0.05) is 36.2 Å². The highest BCUT2D eigenvalue weighted by Crippen LogP contribution is 2.44. The van der Waals surface area contributed by atoms with Crippen molar-refractivity contribution in [1.82, 2.24) is 10.6 Å². The maximum atomic E-state index is 10.4. The van der Waals surface area contributed by atoms with Crippen LogP contribution in [0, 0.1) is 12.3 Å². The van der Waals surface area contributed by atoms with Crippen molar-refractivity contribution in [3.63, 3.8) is 0 Å². The fourth-order valence-corrected chi connectivity index (χ4v) is 3.26. The van der Waals surface area contributed by atoms with E-state index in [-0.39, 0.29) is 24.0 Å². The first-order valence-electron chi connectivity index (χ1n) is 9.34. The molecule has 1 aliphatic carbocycles. The van der Waals surface area contributed by atoms with E-state index in [2.05, 4.69) is 17.6 Å². The Morgan fingerprint density at radius 3 is 2.69 bits per heavy atom. The number of methoxy groups -OCH3 is 1. The molecule has 0 aromatic heterocycles. The minimum absolute atomic E-state index is 0. The molecule has 0 heterocycles. The quantitative estimate of drug-likeness (QED) is 0.291. The molecule has 0 radical (unpaired) electrons. The van der Waals surface area contributed by atoms with Gasteiger partial charge in [0.25, 0.3) is 0 Å². The number of nitrogens with one attached hydrogen (secondary N) is 2. The zero-order valence-corrected chi connectivity index (χ0v) is 18.6. The van der Waals surface area contributed by atoms with Crippen molar-refractivity contribution in [3.8, 4) is 0 Å². The predicted molar refractivity (Wildman–Crippen MR) is 118 cm³/mol. The second kappa shape index (κ2) is 11.8. The van der Waals surface area contributed by atoms with Gasteiger partial charge >= 0.3 is 0 Å². The zero-order valence-electron chi connectivity index (χ0n) is 16.3. The average Bonchev–Trinajstić information content (AvgIpc) is 2.58. The van der Waals surface area contributed by atoms with Crippen molar-refractivity contribution in [3.05, 3.63) is 35.4 Å². The second-order valence-electron chi connectivity index (χ2n) is 7.10. The van der Waals surface area contributed by atoms with E-state index >= 15 is 0 Å². The number of aliphatic imine (C=N–C) groups is 1. The second-order valence-corrected chi connectivity index (χ2v) is 7.10. The number of halogens is 1. The van der Waals surface area contributed by atoms with Crippen LogP contribution in [0.5, 0.6) is 0 Å². The van der Waals surface area contributed by atoms with Crippen LogP contribution in [0.3, 0.4) is 0 Å². The van der Waals surface area contributed by atoms with Crippen molar-refractivity contribution in [2.24, 2.45) is 10.4 Å². The maximum absolute atomic E-state index is 10.4. The number of hydrogen-bond acceptors (Lipinski definition) is 3. The molecule has 6 heteroatoms. The Hall–Kier alpha value is -0.860. The van der Waals surface area contributed by atoms with Crippen molar-refractivity contribution < 1.29 is 9.84 Å². The third kappa shape index (κ3) is 7.04. The van der Waals surface area contributed by atoms with Gasteiger partial charge in [-0.15, -0.1) is 24.0 Å². The van der Waals surface area contributed by atoms with Crippen LogP contribution < -0.4 is 10.6 Å².